The van der Waals surface area contributed by atoms with Crippen LogP contribution in [0.2, 0.25) is 0 Å². The number of rotatable bonds is 8. The first-order valence-electron chi connectivity index (χ1n) is 11.9. The van der Waals surface area contributed by atoms with Gasteiger partial charge in [0.1, 0.15) is 12.4 Å². The summed E-state index contributed by atoms with van der Waals surface area (Å²) in [6.45, 7) is 3.14. The van der Waals surface area contributed by atoms with Gasteiger partial charge in [-0.25, -0.2) is 19.5 Å². The van der Waals surface area contributed by atoms with Gasteiger partial charge in [-0.3, -0.25) is 9.32 Å². The van der Waals surface area contributed by atoms with Gasteiger partial charge in [0.15, 0.2) is 33.6 Å². The Balaban J connectivity index is 0.00000353. The smallest absolute Gasteiger partial charge is 0.454 e. The number of likely N-dealkylation sites (tertiary alicyclic amines) is 1. The minimum absolute atomic E-state index is 0. The molecule has 1 fully saturated rings. The summed E-state index contributed by atoms with van der Waals surface area (Å²) in [6.07, 6.45) is 2.56. The Morgan fingerprint density at radius 1 is 1.28 bits per heavy atom. The molecule has 17 heteroatoms. The number of amides is 1. The lowest BCUT2D eigenvalue weighted by molar-refractivity contribution is -0.140. The van der Waals surface area contributed by atoms with Crippen LogP contribution in [0.15, 0.2) is 33.0 Å². The fourth-order valence-corrected chi connectivity index (χ4v) is 6.56. The molecule has 2 aliphatic heterocycles. The number of fused-ring (bicyclic) bond motifs is 2. The maximum absolute atomic E-state index is 12.5. The number of nitrogen functional groups attached to an aromatic ring is 1. The van der Waals surface area contributed by atoms with E-state index in [2.05, 4.69) is 30.4 Å². The molecule has 0 aliphatic carbocycles. The van der Waals surface area contributed by atoms with E-state index in [4.69, 9.17) is 30.0 Å². The van der Waals surface area contributed by atoms with Gasteiger partial charge in [0, 0.05) is 29.0 Å². The molecule has 2 aromatic heterocycles. The van der Waals surface area contributed by atoms with E-state index in [0.717, 1.165) is 28.6 Å². The maximum Gasteiger partial charge on any atom is 0.470 e. The van der Waals surface area contributed by atoms with Gasteiger partial charge in [-0.1, -0.05) is 11.8 Å². The van der Waals surface area contributed by atoms with Crippen LogP contribution in [0.25, 0.3) is 11.2 Å². The summed E-state index contributed by atoms with van der Waals surface area (Å²) in [7, 11) is -4.73. The number of imidazole rings is 1. The molecule has 1 unspecified atom stereocenters. The van der Waals surface area contributed by atoms with Crippen molar-refractivity contribution in [2.45, 2.75) is 48.9 Å². The highest BCUT2D eigenvalue weighted by Crippen LogP contribution is 2.43. The van der Waals surface area contributed by atoms with Gasteiger partial charge in [-0.05, 0) is 60.2 Å². The first-order chi connectivity index (χ1) is 18.1. The molecule has 1 aromatic carbocycles. The lowest BCUT2D eigenvalue weighted by Crippen LogP contribution is -2.43. The number of hydrogen-bond donors (Lipinski definition) is 4. The topological polar surface area (TPSA) is 210 Å². The van der Waals surface area contributed by atoms with Gasteiger partial charge in [0.2, 0.25) is 6.79 Å². The van der Waals surface area contributed by atoms with Crippen molar-refractivity contribution >= 4 is 58.4 Å². The molecule has 7 N–H and O–H groups in total. The Morgan fingerprint density at radius 3 is 2.67 bits per heavy atom. The number of nitrogens with two attached hydrogens (primary N) is 1. The van der Waals surface area contributed by atoms with Gasteiger partial charge in [0.05, 0.1) is 0 Å². The van der Waals surface area contributed by atoms with Crippen LogP contribution in [0, 0.1) is 5.92 Å². The van der Waals surface area contributed by atoms with Crippen molar-refractivity contribution in [3.8, 4) is 11.5 Å². The summed E-state index contributed by atoms with van der Waals surface area (Å²) < 4.78 is 29.5. The predicted molar refractivity (Wildman–Crippen MR) is 146 cm³/mol. The molecule has 39 heavy (non-hydrogen) atoms. The highest BCUT2D eigenvalue weighted by atomic mass is 79.9. The molecule has 2 aliphatic rings. The Labute approximate surface area is 236 Å². The maximum atomic E-state index is 12.5. The second-order valence-electron chi connectivity index (χ2n) is 9.01. The van der Waals surface area contributed by atoms with E-state index < -0.39 is 19.8 Å². The molecule has 1 atom stereocenters. The summed E-state index contributed by atoms with van der Waals surface area (Å²) in [4.78, 5) is 46.2. The fraction of sp³-hybridized carbons (Fsp3) is 0.455. The Morgan fingerprint density at radius 2 is 1.97 bits per heavy atom. The van der Waals surface area contributed by atoms with Crippen LogP contribution in [0.4, 0.5) is 5.82 Å². The third-order valence-corrected chi connectivity index (χ3v) is 9.05. The number of benzene rings is 1. The van der Waals surface area contributed by atoms with E-state index in [9.17, 15) is 9.36 Å². The SMILES string of the molecule is CC(OP(=O)(O)O)C(=O)N1CCC(CCn2c(Sc3cc4c(cc3Br)OCO4)nc3c(N)ncnc32)CC1.N. The van der Waals surface area contributed by atoms with Crippen molar-refractivity contribution < 1.29 is 33.1 Å². The van der Waals surface area contributed by atoms with Crippen LogP contribution < -0.4 is 21.4 Å². The summed E-state index contributed by atoms with van der Waals surface area (Å²) >= 11 is 5.06. The van der Waals surface area contributed by atoms with Crippen LogP contribution in [-0.4, -0.2) is 66.1 Å². The number of carbonyl (C=O) groups excluding carboxylic acids is 1. The lowest BCUT2D eigenvalue weighted by Gasteiger charge is -2.33. The summed E-state index contributed by atoms with van der Waals surface area (Å²) in [6, 6.07) is 3.77. The summed E-state index contributed by atoms with van der Waals surface area (Å²) in [5, 5.41) is 0.711. The van der Waals surface area contributed by atoms with E-state index in [1.807, 2.05) is 16.7 Å². The number of phosphoric ester groups is 1. The second-order valence-corrected chi connectivity index (χ2v) is 12.1. The van der Waals surface area contributed by atoms with Crippen molar-refractivity contribution in [2.75, 3.05) is 25.6 Å². The summed E-state index contributed by atoms with van der Waals surface area (Å²) in [5.41, 5.74) is 7.28. The van der Waals surface area contributed by atoms with Crippen LogP contribution in [0.5, 0.6) is 11.5 Å². The molecule has 0 radical (unpaired) electrons. The fourth-order valence-electron chi connectivity index (χ4n) is 4.55. The zero-order chi connectivity index (χ0) is 27.0. The molecule has 1 saturated heterocycles. The zero-order valence-corrected chi connectivity index (χ0v) is 24.3. The number of halogens is 1. The second kappa shape index (κ2) is 12.0. The predicted octanol–water partition coefficient (Wildman–Crippen LogP) is 3.34. The molecule has 3 aromatic rings. The zero-order valence-electron chi connectivity index (χ0n) is 21.0. The average Bonchev–Trinajstić information content (AvgIpc) is 3.46. The molecule has 14 nitrogen and oxygen atoms in total. The third-order valence-electron chi connectivity index (χ3n) is 6.48. The number of hydrogen-bond acceptors (Lipinski definition) is 11. The molecular formula is C22H29BrN7O7PS. The van der Waals surface area contributed by atoms with Crippen molar-refractivity contribution in [3.05, 3.63) is 22.9 Å². The van der Waals surface area contributed by atoms with Gasteiger partial charge in [0.25, 0.3) is 5.91 Å². The van der Waals surface area contributed by atoms with Gasteiger partial charge in [-0.15, -0.1) is 0 Å². The van der Waals surface area contributed by atoms with E-state index in [1.54, 1.807) is 4.90 Å². The molecule has 1 amide bonds. The third kappa shape index (κ3) is 6.65. The molecule has 4 heterocycles. The average molecular weight is 646 g/mol. The number of carbonyl (C=O) groups is 1. The number of piperidine rings is 1. The largest absolute Gasteiger partial charge is 0.470 e. The highest BCUT2D eigenvalue weighted by molar-refractivity contribution is 9.10. The quantitative estimate of drug-likeness (QED) is 0.259. The molecule has 0 saturated carbocycles. The van der Waals surface area contributed by atoms with Crippen molar-refractivity contribution in [3.63, 3.8) is 0 Å². The molecule has 0 spiro atoms. The van der Waals surface area contributed by atoms with Crippen molar-refractivity contribution in [1.29, 1.82) is 0 Å². The molecule has 0 bridgehead atoms. The van der Waals surface area contributed by atoms with Crippen molar-refractivity contribution in [2.24, 2.45) is 5.92 Å². The standard InChI is InChI=1S/C22H26BrN6O7PS.H3N/c1-12(36-37(31,32)33)21(30)28-5-2-13(3-6-28)4-7-29-20-18(19(24)25-10-26-20)27-22(29)38-17-9-16-15(8-14(17)23)34-11-35-16;/h8-10,12-13H,2-7,11H2,1H3,(H2,24,25,26)(H2,31,32,33);1H3. The van der Waals surface area contributed by atoms with E-state index in [-0.39, 0.29) is 12.9 Å². The van der Waals surface area contributed by atoms with Crippen LogP contribution in [0.1, 0.15) is 26.2 Å². The lowest BCUT2D eigenvalue weighted by atomic mass is 9.93. The molecule has 212 valence electrons. The van der Waals surface area contributed by atoms with Crippen molar-refractivity contribution in [1.82, 2.24) is 30.6 Å². The first kappa shape index (κ1) is 29.5. The molecule has 5 rings (SSSR count). The Bertz CT molecular complexity index is 1410. The first-order valence-corrected chi connectivity index (χ1v) is 15.0. The number of nitrogens with zero attached hydrogens (tertiary/aromatic N) is 5. The number of anilines is 1. The van der Waals surface area contributed by atoms with Crippen LogP contribution in [-0.2, 0) is 20.4 Å². The monoisotopic (exact) mass is 645 g/mol. The van der Waals surface area contributed by atoms with Crippen LogP contribution >= 0.6 is 35.5 Å². The molecular weight excluding hydrogens is 617 g/mol. The number of ether oxygens (including phenoxy) is 2. The number of aryl methyl sites for hydroxylation is 1. The van der Waals surface area contributed by atoms with Gasteiger partial charge < -0.3 is 40.6 Å². The van der Waals surface area contributed by atoms with E-state index >= 15 is 0 Å². The Kier molecular flexibility index (Phi) is 9.05. The number of phosphoric acid groups is 1. The minimum atomic E-state index is -4.73. The normalized spacial score (nSPS) is 16.4. The van der Waals surface area contributed by atoms with Crippen LogP contribution in [0.3, 0.4) is 0 Å². The highest BCUT2D eigenvalue weighted by Gasteiger charge is 2.31. The van der Waals surface area contributed by atoms with E-state index in [0.29, 0.717) is 59.2 Å². The number of aromatic nitrogens is 4. The van der Waals surface area contributed by atoms with Gasteiger partial charge in [-0.2, -0.15) is 0 Å². The van der Waals surface area contributed by atoms with E-state index in [1.165, 1.54) is 25.0 Å². The minimum Gasteiger partial charge on any atom is -0.454 e. The Hall–Kier alpha value is -2.46. The van der Waals surface area contributed by atoms with Gasteiger partial charge >= 0.3 is 7.82 Å². The summed E-state index contributed by atoms with van der Waals surface area (Å²) in [5.74, 6) is 1.56.